The van der Waals surface area contributed by atoms with Gasteiger partial charge in [-0.2, -0.15) is 0 Å². The molecule has 1 atom stereocenters. The van der Waals surface area contributed by atoms with Crippen molar-refractivity contribution in [3.63, 3.8) is 0 Å². The van der Waals surface area contributed by atoms with Gasteiger partial charge in [-0.1, -0.05) is 13.8 Å². The van der Waals surface area contributed by atoms with E-state index >= 15 is 0 Å². The molecule has 0 aromatic carbocycles. The van der Waals surface area contributed by atoms with E-state index in [4.69, 9.17) is 14.3 Å². The van der Waals surface area contributed by atoms with Gasteiger partial charge in [0.05, 0.1) is 6.54 Å². The Kier molecular flexibility index (Phi) is 2.53. The first kappa shape index (κ1) is 10.9. The van der Waals surface area contributed by atoms with Gasteiger partial charge < -0.3 is 19.2 Å². The van der Waals surface area contributed by atoms with E-state index in [2.05, 4.69) is 0 Å². The van der Waals surface area contributed by atoms with Gasteiger partial charge in [-0.3, -0.25) is 0 Å². The van der Waals surface area contributed by atoms with E-state index in [-0.39, 0.29) is 11.9 Å². The molecule has 16 heavy (non-hydrogen) atoms. The maximum absolute atomic E-state index is 10.9. The van der Waals surface area contributed by atoms with Crippen LogP contribution in [0.5, 0.6) is 5.75 Å². The second kappa shape index (κ2) is 3.73. The van der Waals surface area contributed by atoms with Crippen molar-refractivity contribution in [2.45, 2.75) is 20.0 Å². The molecular formula is C11H15NO4. The van der Waals surface area contributed by atoms with Crippen molar-refractivity contribution in [3.05, 3.63) is 12.0 Å². The number of ether oxygens (including phenoxy) is 1. The third-order valence-corrected chi connectivity index (χ3v) is 2.80. The highest BCUT2D eigenvalue weighted by Crippen LogP contribution is 2.38. The van der Waals surface area contributed by atoms with E-state index in [9.17, 15) is 4.79 Å². The summed E-state index contributed by atoms with van der Waals surface area (Å²) in [5.41, 5.74) is 0.703. The molecule has 1 aromatic heterocycles. The Labute approximate surface area is 93.6 Å². The van der Waals surface area contributed by atoms with Gasteiger partial charge in [-0.15, -0.1) is 0 Å². The molecule has 1 aliphatic heterocycles. The first-order valence-electron chi connectivity index (χ1n) is 5.23. The molecule has 0 saturated carbocycles. The third-order valence-electron chi connectivity index (χ3n) is 2.80. The normalized spacial score (nSPS) is 19.5. The SMILES string of the molecule is CC(C)C1CN(C)c2coc(C(=O)O)c2O1. The zero-order chi connectivity index (χ0) is 11.9. The fourth-order valence-electron chi connectivity index (χ4n) is 1.77. The highest BCUT2D eigenvalue weighted by Gasteiger charge is 2.32. The van der Waals surface area contributed by atoms with Gasteiger partial charge in [0.25, 0.3) is 5.76 Å². The molecule has 0 bridgehead atoms. The summed E-state index contributed by atoms with van der Waals surface area (Å²) in [6, 6.07) is 0. The van der Waals surface area contributed by atoms with Crippen molar-refractivity contribution < 1.29 is 19.1 Å². The van der Waals surface area contributed by atoms with Crippen molar-refractivity contribution in [1.82, 2.24) is 0 Å². The third kappa shape index (κ3) is 1.62. The maximum Gasteiger partial charge on any atom is 0.375 e. The predicted octanol–water partition coefficient (Wildman–Crippen LogP) is 1.83. The van der Waals surface area contributed by atoms with Crippen molar-refractivity contribution in [2.75, 3.05) is 18.5 Å². The zero-order valence-electron chi connectivity index (χ0n) is 9.56. The average Bonchev–Trinajstić information content (AvgIpc) is 2.61. The van der Waals surface area contributed by atoms with E-state index in [1.165, 1.54) is 6.26 Å². The summed E-state index contributed by atoms with van der Waals surface area (Å²) >= 11 is 0. The largest absolute Gasteiger partial charge is 0.482 e. The Morgan fingerprint density at radius 3 is 2.88 bits per heavy atom. The summed E-state index contributed by atoms with van der Waals surface area (Å²) < 4.78 is 10.7. The minimum atomic E-state index is -1.10. The lowest BCUT2D eigenvalue weighted by Crippen LogP contribution is -2.40. The molecule has 2 rings (SSSR count). The topological polar surface area (TPSA) is 62.9 Å². The quantitative estimate of drug-likeness (QED) is 0.831. The molecule has 0 spiro atoms. The van der Waals surface area contributed by atoms with Gasteiger partial charge in [0, 0.05) is 7.05 Å². The van der Waals surface area contributed by atoms with Crippen LogP contribution in [0.3, 0.4) is 0 Å². The number of rotatable bonds is 2. The number of carbonyl (C=O) groups is 1. The molecule has 0 saturated heterocycles. The van der Waals surface area contributed by atoms with Gasteiger partial charge in [-0.05, 0) is 5.92 Å². The van der Waals surface area contributed by atoms with Gasteiger partial charge in [-0.25, -0.2) is 4.79 Å². The van der Waals surface area contributed by atoms with Gasteiger partial charge >= 0.3 is 5.97 Å². The predicted molar refractivity (Wildman–Crippen MR) is 58.2 cm³/mol. The molecule has 0 aliphatic carbocycles. The van der Waals surface area contributed by atoms with Crippen LogP contribution in [0.4, 0.5) is 5.69 Å². The molecule has 1 aliphatic rings. The fraction of sp³-hybridized carbons (Fsp3) is 0.545. The van der Waals surface area contributed by atoms with E-state index in [1.807, 2.05) is 25.8 Å². The van der Waals surface area contributed by atoms with Crippen LogP contribution in [0.25, 0.3) is 0 Å². The van der Waals surface area contributed by atoms with Crippen LogP contribution in [0.1, 0.15) is 24.4 Å². The molecule has 5 heteroatoms. The van der Waals surface area contributed by atoms with Crippen LogP contribution >= 0.6 is 0 Å². The first-order chi connectivity index (χ1) is 7.50. The number of likely N-dealkylation sites (N-methyl/N-ethyl adjacent to an activating group) is 1. The summed E-state index contributed by atoms with van der Waals surface area (Å²) in [7, 11) is 1.90. The monoisotopic (exact) mass is 225 g/mol. The number of hydrogen-bond acceptors (Lipinski definition) is 4. The van der Waals surface area contributed by atoms with E-state index < -0.39 is 5.97 Å². The van der Waals surface area contributed by atoms with Crippen LogP contribution in [0.2, 0.25) is 0 Å². The second-order valence-electron chi connectivity index (χ2n) is 4.37. The molecule has 88 valence electrons. The molecule has 1 N–H and O–H groups in total. The minimum absolute atomic E-state index is 0.00630. The molecule has 0 fully saturated rings. The van der Waals surface area contributed by atoms with Crippen molar-refractivity contribution in [1.29, 1.82) is 0 Å². The Morgan fingerprint density at radius 2 is 2.31 bits per heavy atom. The number of aromatic carboxylic acids is 1. The molecule has 5 nitrogen and oxygen atoms in total. The Hall–Kier alpha value is -1.65. The highest BCUT2D eigenvalue weighted by atomic mass is 16.5. The highest BCUT2D eigenvalue weighted by molar-refractivity contribution is 5.90. The van der Waals surface area contributed by atoms with Crippen LogP contribution in [-0.2, 0) is 0 Å². The fourth-order valence-corrected chi connectivity index (χ4v) is 1.77. The number of carboxylic acids is 1. The van der Waals surface area contributed by atoms with Crippen molar-refractivity contribution >= 4 is 11.7 Å². The lowest BCUT2D eigenvalue weighted by molar-refractivity contribution is 0.0646. The lowest BCUT2D eigenvalue weighted by Gasteiger charge is -2.33. The lowest BCUT2D eigenvalue weighted by atomic mass is 10.1. The second-order valence-corrected chi connectivity index (χ2v) is 4.37. The number of fused-ring (bicyclic) bond motifs is 1. The number of carboxylic acid groups (broad SMARTS) is 1. The number of hydrogen-bond donors (Lipinski definition) is 1. The summed E-state index contributed by atoms with van der Waals surface area (Å²) in [6.45, 7) is 4.83. The Balaban J connectivity index is 2.38. The van der Waals surface area contributed by atoms with Gasteiger partial charge in [0.1, 0.15) is 18.1 Å². The van der Waals surface area contributed by atoms with Gasteiger partial charge in [0.15, 0.2) is 5.75 Å². The van der Waals surface area contributed by atoms with Crippen LogP contribution in [-0.4, -0.2) is 30.8 Å². The summed E-state index contributed by atoms with van der Waals surface area (Å²) in [6.07, 6.45) is 1.42. The average molecular weight is 225 g/mol. The number of furan rings is 1. The van der Waals surface area contributed by atoms with E-state index in [0.717, 1.165) is 6.54 Å². The molecular weight excluding hydrogens is 210 g/mol. The van der Waals surface area contributed by atoms with Crippen LogP contribution in [0, 0.1) is 5.92 Å². The summed E-state index contributed by atoms with van der Waals surface area (Å²) in [5, 5.41) is 8.95. The summed E-state index contributed by atoms with van der Waals surface area (Å²) in [5.74, 6) is -0.543. The molecule has 0 amide bonds. The van der Waals surface area contributed by atoms with Crippen LogP contribution in [0.15, 0.2) is 10.7 Å². The molecule has 1 unspecified atom stereocenters. The Morgan fingerprint density at radius 1 is 1.62 bits per heavy atom. The zero-order valence-corrected chi connectivity index (χ0v) is 9.56. The summed E-state index contributed by atoms with van der Waals surface area (Å²) in [4.78, 5) is 12.9. The Bertz CT molecular complexity index is 410. The van der Waals surface area contributed by atoms with Crippen molar-refractivity contribution in [3.8, 4) is 5.75 Å². The maximum atomic E-state index is 10.9. The molecule has 2 heterocycles. The van der Waals surface area contributed by atoms with Gasteiger partial charge in [0.2, 0.25) is 0 Å². The van der Waals surface area contributed by atoms with Crippen LogP contribution < -0.4 is 9.64 Å². The number of nitrogens with zero attached hydrogens (tertiary/aromatic N) is 1. The molecule has 1 aromatic rings. The first-order valence-corrected chi connectivity index (χ1v) is 5.23. The van der Waals surface area contributed by atoms with Crippen molar-refractivity contribution in [2.24, 2.45) is 5.92 Å². The minimum Gasteiger partial charge on any atom is -0.482 e. The smallest absolute Gasteiger partial charge is 0.375 e. The molecule has 0 radical (unpaired) electrons. The standard InChI is InChI=1S/C11H15NO4/c1-6(2)8-4-12(3)7-5-15-10(11(13)14)9(7)16-8/h5-6,8H,4H2,1-3H3,(H,13,14). The van der Waals surface area contributed by atoms with E-state index in [1.54, 1.807) is 0 Å². The van der Waals surface area contributed by atoms with E-state index in [0.29, 0.717) is 17.4 Å². The number of anilines is 1.